The van der Waals surface area contributed by atoms with Crippen LogP contribution in [0.3, 0.4) is 0 Å². The second kappa shape index (κ2) is 6.12. The molecule has 1 aromatic rings. The average molecular weight is 290 g/mol. The maximum atomic E-state index is 12.3. The van der Waals surface area contributed by atoms with Crippen LogP contribution >= 0.6 is 0 Å². The van der Waals surface area contributed by atoms with Gasteiger partial charge in [-0.3, -0.25) is 0 Å². The van der Waals surface area contributed by atoms with Crippen LogP contribution < -0.4 is 10.6 Å². The molecule has 2 aliphatic rings. The van der Waals surface area contributed by atoms with Crippen molar-refractivity contribution in [2.24, 2.45) is 11.8 Å². The van der Waals surface area contributed by atoms with Crippen LogP contribution in [-0.2, 0) is 6.42 Å². The fourth-order valence-electron chi connectivity index (χ4n) is 3.79. The molecule has 0 saturated heterocycles. The van der Waals surface area contributed by atoms with E-state index in [-0.39, 0.29) is 12.1 Å². The summed E-state index contributed by atoms with van der Waals surface area (Å²) >= 11 is 0. The predicted octanol–water partition coefficient (Wildman–Crippen LogP) is 3.78. The highest BCUT2D eigenvalue weighted by Crippen LogP contribution is 2.31. The molecule has 1 fully saturated rings. The van der Waals surface area contributed by atoms with E-state index in [0.29, 0.717) is 17.9 Å². The van der Waals surface area contributed by atoms with Crippen LogP contribution in [-0.4, -0.2) is 12.1 Å². The molecule has 2 N–H and O–H groups in total. The zero-order valence-electron chi connectivity index (χ0n) is 13.0. The van der Waals surface area contributed by atoms with Crippen molar-refractivity contribution in [3.63, 3.8) is 0 Å². The molecule has 0 bridgehead atoms. The number of hydrogen-bond acceptors (Lipinski definition) is 2. The van der Waals surface area contributed by atoms with Crippen molar-refractivity contribution in [1.82, 2.24) is 10.6 Å². The van der Waals surface area contributed by atoms with Gasteiger partial charge in [0.05, 0.1) is 12.3 Å². The van der Waals surface area contributed by atoms with Crippen molar-refractivity contribution in [2.45, 2.75) is 64.5 Å². The highest BCUT2D eigenvalue weighted by molar-refractivity contribution is 5.75. The number of hydrogen-bond donors (Lipinski definition) is 2. The summed E-state index contributed by atoms with van der Waals surface area (Å²) in [6.45, 7) is 4.54. The molecule has 116 valence electrons. The minimum absolute atomic E-state index is 0.0278. The Balaban J connectivity index is 1.58. The molecule has 4 atom stereocenters. The van der Waals surface area contributed by atoms with Gasteiger partial charge in [-0.15, -0.1) is 0 Å². The second-order valence-corrected chi connectivity index (χ2v) is 6.74. The Bertz CT molecular complexity index is 497. The van der Waals surface area contributed by atoms with E-state index in [4.69, 9.17) is 4.42 Å². The monoisotopic (exact) mass is 290 g/mol. The maximum absolute atomic E-state index is 12.3. The molecule has 1 heterocycles. The summed E-state index contributed by atoms with van der Waals surface area (Å²) in [6.07, 6.45) is 8.37. The third-order valence-corrected chi connectivity index (χ3v) is 5.38. The molecule has 4 unspecified atom stereocenters. The lowest BCUT2D eigenvalue weighted by atomic mass is 9.78. The Labute approximate surface area is 126 Å². The van der Waals surface area contributed by atoms with E-state index in [1.807, 2.05) is 6.07 Å². The number of rotatable bonds is 2. The second-order valence-electron chi connectivity index (χ2n) is 6.74. The Morgan fingerprint density at radius 3 is 2.90 bits per heavy atom. The molecule has 1 aromatic heterocycles. The van der Waals surface area contributed by atoms with Crippen LogP contribution in [0.1, 0.15) is 63.3 Å². The van der Waals surface area contributed by atoms with Gasteiger partial charge in [-0.05, 0) is 37.2 Å². The largest absolute Gasteiger partial charge is 0.469 e. The zero-order valence-corrected chi connectivity index (χ0v) is 13.0. The van der Waals surface area contributed by atoms with Gasteiger partial charge in [-0.25, -0.2) is 4.79 Å². The first-order valence-corrected chi connectivity index (χ1v) is 8.28. The number of carbonyl (C=O) groups is 1. The van der Waals surface area contributed by atoms with Crippen LogP contribution in [0.4, 0.5) is 4.79 Å². The summed E-state index contributed by atoms with van der Waals surface area (Å²) in [7, 11) is 0. The molecular weight excluding hydrogens is 264 g/mol. The lowest BCUT2D eigenvalue weighted by Gasteiger charge is -2.35. The third-order valence-electron chi connectivity index (χ3n) is 5.38. The lowest BCUT2D eigenvalue weighted by Crippen LogP contribution is -2.48. The van der Waals surface area contributed by atoms with Crippen LogP contribution in [0.2, 0.25) is 0 Å². The molecule has 0 radical (unpaired) electrons. The maximum Gasteiger partial charge on any atom is 0.315 e. The van der Waals surface area contributed by atoms with E-state index in [2.05, 4.69) is 24.5 Å². The van der Waals surface area contributed by atoms with Crippen LogP contribution in [0.25, 0.3) is 0 Å². The van der Waals surface area contributed by atoms with E-state index >= 15 is 0 Å². The lowest BCUT2D eigenvalue weighted by molar-refractivity contribution is 0.192. The van der Waals surface area contributed by atoms with Crippen molar-refractivity contribution in [3.05, 3.63) is 23.7 Å². The molecular formula is C17H26N2O2. The van der Waals surface area contributed by atoms with Crippen molar-refractivity contribution in [2.75, 3.05) is 0 Å². The molecule has 4 heteroatoms. The smallest absolute Gasteiger partial charge is 0.315 e. The molecule has 0 spiro atoms. The van der Waals surface area contributed by atoms with E-state index in [9.17, 15) is 4.79 Å². The fourth-order valence-corrected chi connectivity index (χ4v) is 3.79. The van der Waals surface area contributed by atoms with E-state index in [1.165, 1.54) is 12.8 Å². The van der Waals surface area contributed by atoms with Gasteiger partial charge in [-0.1, -0.05) is 26.7 Å². The zero-order chi connectivity index (χ0) is 14.8. The van der Waals surface area contributed by atoms with Crippen molar-refractivity contribution in [3.8, 4) is 0 Å². The summed E-state index contributed by atoms with van der Waals surface area (Å²) < 4.78 is 5.48. The molecule has 4 nitrogen and oxygen atoms in total. The van der Waals surface area contributed by atoms with Gasteiger partial charge in [0.1, 0.15) is 5.76 Å². The van der Waals surface area contributed by atoms with Crippen molar-refractivity contribution >= 4 is 6.03 Å². The standard InChI is InChI=1S/C17H26N2O2/c1-11-5-3-6-14(12(11)2)18-17(20)19-15-7-4-8-16-13(15)9-10-21-16/h9-12,14-15H,3-8H2,1-2H3,(H2,18,19,20). The molecule has 21 heavy (non-hydrogen) atoms. The van der Waals surface area contributed by atoms with Gasteiger partial charge >= 0.3 is 6.03 Å². The molecule has 3 rings (SSSR count). The van der Waals surface area contributed by atoms with E-state index in [1.54, 1.807) is 6.26 Å². The Morgan fingerprint density at radius 1 is 1.19 bits per heavy atom. The van der Waals surface area contributed by atoms with Gasteiger partial charge in [0.25, 0.3) is 0 Å². The first-order valence-electron chi connectivity index (χ1n) is 8.28. The average Bonchev–Trinajstić information content (AvgIpc) is 2.93. The molecule has 1 saturated carbocycles. The topological polar surface area (TPSA) is 54.3 Å². The molecule has 2 aliphatic carbocycles. The summed E-state index contributed by atoms with van der Waals surface area (Å²) in [5.41, 5.74) is 1.15. The number of amides is 2. The highest BCUT2D eigenvalue weighted by atomic mass is 16.3. The first kappa shape index (κ1) is 14.5. The SMILES string of the molecule is CC1CCCC(NC(=O)NC2CCCc3occc32)C1C. The van der Waals surface area contributed by atoms with Crippen LogP contribution in [0.15, 0.2) is 16.7 Å². The number of nitrogens with one attached hydrogen (secondary N) is 2. The molecule has 0 aliphatic heterocycles. The summed E-state index contributed by atoms with van der Waals surface area (Å²) in [5, 5.41) is 6.32. The summed E-state index contributed by atoms with van der Waals surface area (Å²) in [5.74, 6) is 2.28. The minimum atomic E-state index is -0.0278. The van der Waals surface area contributed by atoms with Crippen molar-refractivity contribution in [1.29, 1.82) is 0 Å². The first-order chi connectivity index (χ1) is 10.1. The van der Waals surface area contributed by atoms with Crippen LogP contribution in [0, 0.1) is 11.8 Å². The van der Waals surface area contributed by atoms with Gasteiger partial charge in [-0.2, -0.15) is 0 Å². The van der Waals surface area contributed by atoms with Crippen LogP contribution in [0.5, 0.6) is 0 Å². The number of aryl methyl sites for hydroxylation is 1. The molecule has 2 amide bonds. The van der Waals surface area contributed by atoms with E-state index < -0.39 is 0 Å². The predicted molar refractivity (Wildman–Crippen MR) is 82.0 cm³/mol. The summed E-state index contributed by atoms with van der Waals surface area (Å²) in [6, 6.07) is 2.37. The fraction of sp³-hybridized carbons (Fsp3) is 0.706. The van der Waals surface area contributed by atoms with Gasteiger partial charge < -0.3 is 15.1 Å². The normalized spacial score (nSPS) is 32.3. The molecule has 0 aromatic carbocycles. The van der Waals surface area contributed by atoms with Gasteiger partial charge in [0.15, 0.2) is 0 Å². The Morgan fingerprint density at radius 2 is 2.05 bits per heavy atom. The summed E-state index contributed by atoms with van der Waals surface area (Å²) in [4.78, 5) is 12.3. The van der Waals surface area contributed by atoms with E-state index in [0.717, 1.165) is 37.0 Å². The quantitative estimate of drug-likeness (QED) is 0.871. The number of urea groups is 1. The number of furan rings is 1. The number of carbonyl (C=O) groups excluding carboxylic acids is 1. The van der Waals surface area contributed by atoms with Crippen molar-refractivity contribution < 1.29 is 9.21 Å². The Kier molecular flexibility index (Phi) is 4.22. The third kappa shape index (κ3) is 3.09. The minimum Gasteiger partial charge on any atom is -0.469 e. The highest BCUT2D eigenvalue weighted by Gasteiger charge is 2.29. The Hall–Kier alpha value is -1.45. The number of fused-ring (bicyclic) bond motifs is 1. The van der Waals surface area contributed by atoms with Gasteiger partial charge in [0.2, 0.25) is 0 Å². The van der Waals surface area contributed by atoms with Gasteiger partial charge in [0, 0.05) is 18.0 Å².